The van der Waals surface area contributed by atoms with Gasteiger partial charge < -0.3 is 11.1 Å². The smallest absolute Gasteiger partial charge is 0.248 e. The molecule has 0 aromatic heterocycles. The Labute approximate surface area is 115 Å². The maximum atomic E-state index is 12.9. The number of nitrogens with two attached hydrogens (primary N) is 1. The molecule has 0 unspecified atom stereocenters. The molecule has 0 heterocycles. The minimum atomic E-state index is -0.457. The monoisotopic (exact) mass is 278 g/mol. The number of hydrogen-bond acceptors (Lipinski definition) is 2. The SMILES string of the molecule is NC(=O)c1ccc(CNc2ccc(F)cc2Cl)cc1. The van der Waals surface area contributed by atoms with Crippen LogP contribution in [0.2, 0.25) is 5.02 Å². The van der Waals surface area contributed by atoms with Crippen LogP contribution in [0.25, 0.3) is 0 Å². The number of nitrogens with one attached hydrogen (secondary N) is 1. The van der Waals surface area contributed by atoms with Crippen molar-refractivity contribution in [2.24, 2.45) is 5.73 Å². The van der Waals surface area contributed by atoms with E-state index in [-0.39, 0.29) is 5.82 Å². The zero-order valence-electron chi connectivity index (χ0n) is 9.99. The van der Waals surface area contributed by atoms with Gasteiger partial charge in [-0.05, 0) is 35.9 Å². The first kappa shape index (κ1) is 13.4. The fourth-order valence-corrected chi connectivity index (χ4v) is 1.85. The van der Waals surface area contributed by atoms with Crippen molar-refractivity contribution in [3.05, 3.63) is 64.4 Å². The number of amides is 1. The summed E-state index contributed by atoms with van der Waals surface area (Å²) >= 11 is 5.90. The van der Waals surface area contributed by atoms with E-state index in [9.17, 15) is 9.18 Å². The molecule has 0 bridgehead atoms. The molecule has 19 heavy (non-hydrogen) atoms. The van der Waals surface area contributed by atoms with Crippen LogP contribution in [0.4, 0.5) is 10.1 Å². The first-order chi connectivity index (χ1) is 9.06. The fourth-order valence-electron chi connectivity index (χ4n) is 1.62. The molecule has 0 aliphatic carbocycles. The van der Waals surface area contributed by atoms with Crippen LogP contribution in [-0.4, -0.2) is 5.91 Å². The molecule has 0 spiro atoms. The lowest BCUT2D eigenvalue weighted by molar-refractivity contribution is 0.100. The van der Waals surface area contributed by atoms with Gasteiger partial charge in [0.05, 0.1) is 10.7 Å². The molecular formula is C14H12ClFN2O. The van der Waals surface area contributed by atoms with Gasteiger partial charge in [0.2, 0.25) is 5.91 Å². The zero-order chi connectivity index (χ0) is 13.8. The lowest BCUT2D eigenvalue weighted by atomic mass is 10.1. The van der Waals surface area contributed by atoms with E-state index in [0.717, 1.165) is 5.56 Å². The highest BCUT2D eigenvalue weighted by Gasteiger charge is 2.03. The Hall–Kier alpha value is -2.07. The number of hydrogen-bond donors (Lipinski definition) is 2. The van der Waals surface area contributed by atoms with Gasteiger partial charge in [0.15, 0.2) is 0 Å². The van der Waals surface area contributed by atoms with Gasteiger partial charge in [-0.25, -0.2) is 4.39 Å². The highest BCUT2D eigenvalue weighted by atomic mass is 35.5. The number of halogens is 2. The van der Waals surface area contributed by atoms with Crippen molar-refractivity contribution in [1.82, 2.24) is 0 Å². The summed E-state index contributed by atoms with van der Waals surface area (Å²) in [5.41, 5.74) is 7.23. The normalized spacial score (nSPS) is 10.2. The third kappa shape index (κ3) is 3.45. The van der Waals surface area contributed by atoms with Gasteiger partial charge in [0.1, 0.15) is 5.82 Å². The van der Waals surface area contributed by atoms with Crippen molar-refractivity contribution in [2.45, 2.75) is 6.54 Å². The van der Waals surface area contributed by atoms with Gasteiger partial charge in [-0.3, -0.25) is 4.79 Å². The molecule has 2 aromatic rings. The molecule has 2 rings (SSSR count). The molecule has 98 valence electrons. The predicted molar refractivity (Wildman–Crippen MR) is 73.7 cm³/mol. The minimum Gasteiger partial charge on any atom is -0.380 e. The number of rotatable bonds is 4. The largest absolute Gasteiger partial charge is 0.380 e. The Kier molecular flexibility index (Phi) is 4.02. The van der Waals surface area contributed by atoms with Crippen LogP contribution in [0.5, 0.6) is 0 Å². The minimum absolute atomic E-state index is 0.328. The van der Waals surface area contributed by atoms with Gasteiger partial charge in [-0.1, -0.05) is 23.7 Å². The van der Waals surface area contributed by atoms with Gasteiger partial charge >= 0.3 is 0 Å². The molecule has 0 fully saturated rings. The number of carbonyl (C=O) groups is 1. The lowest BCUT2D eigenvalue weighted by Gasteiger charge is -2.08. The van der Waals surface area contributed by atoms with E-state index in [0.29, 0.717) is 22.8 Å². The quantitative estimate of drug-likeness (QED) is 0.902. The highest BCUT2D eigenvalue weighted by Crippen LogP contribution is 2.22. The maximum absolute atomic E-state index is 12.9. The molecule has 3 N–H and O–H groups in total. The summed E-state index contributed by atoms with van der Waals surface area (Å²) < 4.78 is 12.9. The van der Waals surface area contributed by atoms with Crippen molar-refractivity contribution in [3.63, 3.8) is 0 Å². The Morgan fingerprint density at radius 3 is 2.47 bits per heavy atom. The molecule has 0 saturated carbocycles. The zero-order valence-corrected chi connectivity index (χ0v) is 10.7. The topological polar surface area (TPSA) is 55.1 Å². The van der Waals surface area contributed by atoms with Crippen molar-refractivity contribution in [1.29, 1.82) is 0 Å². The van der Waals surface area contributed by atoms with Gasteiger partial charge in [0.25, 0.3) is 0 Å². The number of anilines is 1. The number of carbonyl (C=O) groups excluding carboxylic acids is 1. The van der Waals surface area contributed by atoms with E-state index in [1.165, 1.54) is 12.1 Å². The van der Waals surface area contributed by atoms with E-state index >= 15 is 0 Å². The molecule has 5 heteroatoms. The van der Waals surface area contributed by atoms with E-state index in [4.69, 9.17) is 17.3 Å². The van der Waals surface area contributed by atoms with Gasteiger partial charge in [-0.2, -0.15) is 0 Å². The average molecular weight is 279 g/mol. The van der Waals surface area contributed by atoms with E-state index < -0.39 is 5.91 Å². The van der Waals surface area contributed by atoms with E-state index in [2.05, 4.69) is 5.32 Å². The van der Waals surface area contributed by atoms with Crippen molar-refractivity contribution in [3.8, 4) is 0 Å². The van der Waals surface area contributed by atoms with Crippen LogP contribution in [0.3, 0.4) is 0 Å². The Bertz CT molecular complexity index is 599. The second-order valence-corrected chi connectivity index (χ2v) is 4.45. The van der Waals surface area contributed by atoms with Crippen LogP contribution in [-0.2, 0) is 6.54 Å². The summed E-state index contributed by atoms with van der Waals surface area (Å²) in [5, 5.41) is 3.42. The first-order valence-electron chi connectivity index (χ1n) is 5.64. The molecule has 2 aromatic carbocycles. The molecule has 0 aliphatic heterocycles. The lowest BCUT2D eigenvalue weighted by Crippen LogP contribution is -2.10. The molecule has 0 aliphatic rings. The van der Waals surface area contributed by atoms with Crippen molar-refractivity contribution < 1.29 is 9.18 Å². The number of benzene rings is 2. The third-order valence-corrected chi connectivity index (χ3v) is 2.97. The standard InChI is InChI=1S/C14H12ClFN2O/c15-12-7-11(16)5-6-13(12)18-8-9-1-3-10(4-2-9)14(17)19/h1-7,18H,8H2,(H2,17,19). The second-order valence-electron chi connectivity index (χ2n) is 4.04. The van der Waals surface area contributed by atoms with Crippen LogP contribution < -0.4 is 11.1 Å². The molecule has 3 nitrogen and oxygen atoms in total. The maximum Gasteiger partial charge on any atom is 0.248 e. The van der Waals surface area contributed by atoms with Gasteiger partial charge in [-0.15, -0.1) is 0 Å². The Balaban J connectivity index is 2.04. The summed E-state index contributed by atoms with van der Waals surface area (Å²) in [6.45, 7) is 0.518. The second kappa shape index (κ2) is 5.71. The average Bonchev–Trinajstić information content (AvgIpc) is 2.38. The molecular weight excluding hydrogens is 267 g/mol. The number of primary amides is 1. The first-order valence-corrected chi connectivity index (χ1v) is 6.02. The summed E-state index contributed by atoms with van der Waals surface area (Å²) in [6, 6.07) is 11.1. The van der Waals surface area contributed by atoms with Crippen molar-refractivity contribution >= 4 is 23.2 Å². The summed E-state index contributed by atoms with van der Waals surface area (Å²) in [5.74, 6) is -0.831. The van der Waals surface area contributed by atoms with Crippen LogP contribution in [0, 0.1) is 5.82 Å². The van der Waals surface area contributed by atoms with E-state index in [1.54, 1.807) is 30.3 Å². The molecule has 0 radical (unpaired) electrons. The Morgan fingerprint density at radius 1 is 1.21 bits per heavy atom. The van der Waals surface area contributed by atoms with Gasteiger partial charge in [0, 0.05) is 12.1 Å². The summed E-state index contributed by atoms with van der Waals surface area (Å²) in [7, 11) is 0. The summed E-state index contributed by atoms with van der Waals surface area (Å²) in [6.07, 6.45) is 0. The fraction of sp³-hybridized carbons (Fsp3) is 0.0714. The molecule has 0 saturated heterocycles. The predicted octanol–water partition coefficient (Wildman–Crippen LogP) is 3.19. The third-order valence-electron chi connectivity index (χ3n) is 2.65. The Morgan fingerprint density at radius 2 is 1.89 bits per heavy atom. The van der Waals surface area contributed by atoms with E-state index in [1.807, 2.05) is 0 Å². The summed E-state index contributed by atoms with van der Waals surface area (Å²) in [4.78, 5) is 10.9. The van der Waals surface area contributed by atoms with Crippen LogP contribution in [0.1, 0.15) is 15.9 Å². The van der Waals surface area contributed by atoms with Crippen molar-refractivity contribution in [2.75, 3.05) is 5.32 Å². The molecule has 0 atom stereocenters. The van der Waals surface area contributed by atoms with Crippen LogP contribution in [0.15, 0.2) is 42.5 Å². The molecule has 1 amide bonds. The highest BCUT2D eigenvalue weighted by molar-refractivity contribution is 6.33. The van der Waals surface area contributed by atoms with Crippen LogP contribution >= 0.6 is 11.6 Å².